The maximum Gasteiger partial charge on any atom is 0.227 e. The Hall–Kier alpha value is -2.79. The molecule has 0 radical (unpaired) electrons. The molecular weight excluding hydrogens is 376 g/mol. The van der Waals surface area contributed by atoms with Crippen molar-refractivity contribution in [2.45, 2.75) is 25.7 Å². The van der Waals surface area contributed by atoms with Crippen LogP contribution in [0, 0.1) is 0 Å². The Kier molecular flexibility index (Phi) is 5.35. The van der Waals surface area contributed by atoms with Gasteiger partial charge in [-0.05, 0) is 48.7 Å². The van der Waals surface area contributed by atoms with Crippen LogP contribution in [0.5, 0.6) is 5.75 Å². The first kappa shape index (κ1) is 18.6. The maximum absolute atomic E-state index is 12.9. The molecule has 3 aromatic rings. The molecule has 2 aromatic carbocycles. The molecule has 1 amide bonds. The number of hydrogen-bond donors (Lipinski definition) is 0. The first-order chi connectivity index (χ1) is 13.7. The van der Waals surface area contributed by atoms with E-state index in [-0.39, 0.29) is 5.91 Å². The van der Waals surface area contributed by atoms with Crippen molar-refractivity contribution < 1.29 is 13.9 Å². The molecule has 1 aliphatic heterocycles. The van der Waals surface area contributed by atoms with Gasteiger partial charge >= 0.3 is 0 Å². The van der Waals surface area contributed by atoms with Gasteiger partial charge in [-0.2, -0.15) is 0 Å². The third-order valence-electron chi connectivity index (χ3n) is 4.94. The van der Waals surface area contributed by atoms with Gasteiger partial charge in [0.15, 0.2) is 11.7 Å². The van der Waals surface area contributed by atoms with E-state index in [0.717, 1.165) is 35.4 Å². The molecule has 1 aromatic heterocycles. The van der Waals surface area contributed by atoms with Gasteiger partial charge in [-0.3, -0.25) is 4.79 Å². The number of carbonyl (C=O) groups excluding carboxylic acids is 1. The number of rotatable bonds is 5. The second-order valence-corrected chi connectivity index (χ2v) is 7.18. The van der Waals surface area contributed by atoms with Gasteiger partial charge in [-0.15, -0.1) is 0 Å². The zero-order valence-corrected chi connectivity index (χ0v) is 16.4. The molecule has 0 saturated carbocycles. The number of benzene rings is 2. The van der Waals surface area contributed by atoms with Crippen molar-refractivity contribution in [2.24, 2.45) is 0 Å². The molecule has 0 spiro atoms. The number of fused-ring (bicyclic) bond motifs is 1. The summed E-state index contributed by atoms with van der Waals surface area (Å²) in [5, 5.41) is 0.673. The molecule has 2 heterocycles. The lowest BCUT2D eigenvalue weighted by Crippen LogP contribution is -2.36. The average molecular weight is 397 g/mol. The van der Waals surface area contributed by atoms with Crippen LogP contribution in [0.3, 0.4) is 0 Å². The fourth-order valence-electron chi connectivity index (χ4n) is 3.55. The summed E-state index contributed by atoms with van der Waals surface area (Å²) >= 11 is 5.92. The molecule has 0 bridgehead atoms. The molecule has 0 aliphatic carbocycles. The highest BCUT2D eigenvalue weighted by molar-refractivity contribution is 6.30. The van der Waals surface area contributed by atoms with Crippen LogP contribution < -0.4 is 9.64 Å². The number of anilines is 1. The molecule has 144 valence electrons. The topological polar surface area (TPSA) is 55.6 Å². The van der Waals surface area contributed by atoms with E-state index in [2.05, 4.69) is 11.1 Å². The highest BCUT2D eigenvalue weighted by Gasteiger charge is 2.25. The Morgan fingerprint density at radius 1 is 1.25 bits per heavy atom. The third kappa shape index (κ3) is 3.76. The summed E-state index contributed by atoms with van der Waals surface area (Å²) in [5.74, 6) is 2.02. The quantitative estimate of drug-likeness (QED) is 0.614. The zero-order valence-electron chi connectivity index (χ0n) is 15.7. The van der Waals surface area contributed by atoms with Crippen molar-refractivity contribution >= 4 is 23.2 Å². The van der Waals surface area contributed by atoms with E-state index in [9.17, 15) is 4.79 Å². The van der Waals surface area contributed by atoms with Gasteiger partial charge in [0.25, 0.3) is 0 Å². The number of nitrogens with zero attached hydrogens (tertiary/aromatic N) is 2. The normalized spacial score (nSPS) is 13.3. The summed E-state index contributed by atoms with van der Waals surface area (Å²) in [4.78, 5) is 19.1. The number of hydrogen-bond acceptors (Lipinski definition) is 4. The minimum atomic E-state index is 0.0525. The minimum Gasteiger partial charge on any atom is -0.495 e. The van der Waals surface area contributed by atoms with Crippen LogP contribution in [-0.2, 0) is 17.6 Å². The smallest absolute Gasteiger partial charge is 0.227 e. The highest BCUT2D eigenvalue weighted by Crippen LogP contribution is 2.36. The summed E-state index contributed by atoms with van der Waals surface area (Å²) in [6, 6.07) is 13.3. The lowest BCUT2D eigenvalue weighted by molar-refractivity contribution is -0.118. The zero-order chi connectivity index (χ0) is 19.5. The van der Waals surface area contributed by atoms with E-state index in [1.165, 1.54) is 0 Å². The molecule has 6 heteroatoms. The number of aromatic nitrogens is 1. The maximum atomic E-state index is 12.9. The summed E-state index contributed by atoms with van der Waals surface area (Å²) < 4.78 is 11.3. The van der Waals surface area contributed by atoms with Crippen molar-refractivity contribution in [3.8, 4) is 17.1 Å². The lowest BCUT2D eigenvalue weighted by atomic mass is 10.0. The molecular formula is C22H21ClN2O3. The van der Waals surface area contributed by atoms with Crippen molar-refractivity contribution in [1.82, 2.24) is 4.98 Å². The van der Waals surface area contributed by atoms with E-state index in [1.807, 2.05) is 41.3 Å². The number of methoxy groups -OCH3 is 1. The van der Waals surface area contributed by atoms with Crippen LogP contribution in [0.15, 0.2) is 53.1 Å². The van der Waals surface area contributed by atoms with Gasteiger partial charge < -0.3 is 14.1 Å². The first-order valence-electron chi connectivity index (χ1n) is 9.32. The fourth-order valence-corrected chi connectivity index (χ4v) is 3.68. The largest absolute Gasteiger partial charge is 0.495 e. The molecule has 5 nitrogen and oxygen atoms in total. The molecule has 28 heavy (non-hydrogen) atoms. The van der Waals surface area contributed by atoms with E-state index in [1.54, 1.807) is 13.3 Å². The van der Waals surface area contributed by atoms with Crippen LogP contribution in [0.25, 0.3) is 11.3 Å². The minimum absolute atomic E-state index is 0.0525. The number of carbonyl (C=O) groups is 1. The molecule has 0 saturated heterocycles. The third-order valence-corrected chi connectivity index (χ3v) is 5.19. The Balaban J connectivity index is 1.46. The fraction of sp³-hybridized carbons (Fsp3) is 0.273. The Bertz CT molecular complexity index is 967. The number of para-hydroxylation sites is 1. The van der Waals surface area contributed by atoms with Crippen molar-refractivity contribution in [2.75, 3.05) is 18.6 Å². The van der Waals surface area contributed by atoms with Gasteiger partial charge in [0.05, 0.1) is 19.0 Å². The molecule has 4 rings (SSSR count). The van der Waals surface area contributed by atoms with Crippen LogP contribution in [0.2, 0.25) is 5.02 Å². The van der Waals surface area contributed by atoms with Crippen LogP contribution >= 0.6 is 11.6 Å². The summed E-state index contributed by atoms with van der Waals surface area (Å²) in [6.45, 7) is 0.702. The van der Waals surface area contributed by atoms with E-state index in [4.69, 9.17) is 20.8 Å². The number of halogens is 1. The first-order valence-corrected chi connectivity index (χ1v) is 9.70. The molecule has 0 N–H and O–H groups in total. The van der Waals surface area contributed by atoms with Gasteiger partial charge in [-0.1, -0.05) is 23.7 Å². The van der Waals surface area contributed by atoms with Gasteiger partial charge in [-0.25, -0.2) is 4.98 Å². The summed E-state index contributed by atoms with van der Waals surface area (Å²) in [5.41, 5.74) is 2.96. The number of ether oxygens (including phenoxy) is 1. The standard InChI is InChI=1S/C22H21ClN2O3/c1-27-18-6-2-4-16-5-3-13-25(22(16)18)21(26)12-11-20-24-14-19(28-20)15-7-9-17(23)10-8-15/h2,4,6-10,14H,3,5,11-13H2,1H3. The van der Waals surface area contributed by atoms with Crippen LogP contribution in [0.1, 0.15) is 24.3 Å². The van der Waals surface area contributed by atoms with E-state index >= 15 is 0 Å². The van der Waals surface area contributed by atoms with Gasteiger partial charge in [0, 0.05) is 30.0 Å². The van der Waals surface area contributed by atoms with Gasteiger partial charge in [0.2, 0.25) is 5.91 Å². The van der Waals surface area contributed by atoms with Crippen LogP contribution in [0.4, 0.5) is 5.69 Å². The van der Waals surface area contributed by atoms with Crippen molar-refractivity contribution in [1.29, 1.82) is 0 Å². The number of aryl methyl sites for hydroxylation is 2. The monoisotopic (exact) mass is 396 g/mol. The molecule has 0 unspecified atom stereocenters. The molecule has 0 atom stereocenters. The molecule has 0 fully saturated rings. The number of amides is 1. The Morgan fingerprint density at radius 2 is 2.07 bits per heavy atom. The van der Waals surface area contributed by atoms with Crippen LogP contribution in [-0.4, -0.2) is 24.5 Å². The summed E-state index contributed by atoms with van der Waals surface area (Å²) in [6.07, 6.45) is 4.37. The predicted octanol–water partition coefficient (Wildman–Crippen LogP) is 4.92. The lowest BCUT2D eigenvalue weighted by Gasteiger charge is -2.30. The van der Waals surface area contributed by atoms with E-state index in [0.29, 0.717) is 36.1 Å². The Labute approximate surface area is 168 Å². The van der Waals surface area contributed by atoms with Crippen molar-refractivity contribution in [3.05, 3.63) is 65.1 Å². The second kappa shape index (κ2) is 8.07. The van der Waals surface area contributed by atoms with Crippen molar-refractivity contribution in [3.63, 3.8) is 0 Å². The van der Waals surface area contributed by atoms with Gasteiger partial charge in [0.1, 0.15) is 5.75 Å². The molecule has 1 aliphatic rings. The predicted molar refractivity (Wildman–Crippen MR) is 109 cm³/mol. The average Bonchev–Trinajstić information content (AvgIpc) is 3.20. The number of oxazole rings is 1. The highest BCUT2D eigenvalue weighted by atomic mass is 35.5. The SMILES string of the molecule is COc1cccc2c1N(C(=O)CCc1ncc(-c3ccc(Cl)cc3)o1)CCC2. The summed E-state index contributed by atoms with van der Waals surface area (Å²) in [7, 11) is 1.64. The Morgan fingerprint density at radius 3 is 2.86 bits per heavy atom. The van der Waals surface area contributed by atoms with E-state index < -0.39 is 0 Å². The second-order valence-electron chi connectivity index (χ2n) is 6.74.